The van der Waals surface area contributed by atoms with Gasteiger partial charge in [0, 0.05) is 18.2 Å². The average Bonchev–Trinajstić information content (AvgIpc) is 3.09. The van der Waals surface area contributed by atoms with Crippen LogP contribution in [0.25, 0.3) is 10.1 Å². The van der Waals surface area contributed by atoms with Gasteiger partial charge >= 0.3 is 0 Å². The Hall–Kier alpha value is -3.24. The molecule has 3 aromatic rings. The number of thiophene rings is 1. The Balaban J connectivity index is 1.89. The van der Waals surface area contributed by atoms with Crippen LogP contribution in [-0.2, 0) is 11.2 Å². The number of carbonyl (C=O) groups is 2. The molecule has 0 aliphatic carbocycles. The molecule has 0 radical (unpaired) electrons. The van der Waals surface area contributed by atoms with Crippen LogP contribution in [0, 0.1) is 17.3 Å². The molecule has 2 amide bonds. The number of hydrogen-bond acceptors (Lipinski definition) is 4. The van der Waals surface area contributed by atoms with E-state index in [-0.39, 0.29) is 12.0 Å². The van der Waals surface area contributed by atoms with Gasteiger partial charge in [-0.15, -0.1) is 11.3 Å². The molecule has 27 heavy (non-hydrogen) atoms. The molecule has 1 N–H and O–H groups in total. The van der Waals surface area contributed by atoms with Gasteiger partial charge < -0.3 is 5.32 Å². The molecule has 2 aromatic carbocycles. The van der Waals surface area contributed by atoms with Crippen LogP contribution in [0.5, 0.6) is 0 Å². The summed E-state index contributed by atoms with van der Waals surface area (Å²) in [5.41, 5.74) is 0.735. The Morgan fingerprint density at radius 2 is 1.93 bits per heavy atom. The van der Waals surface area contributed by atoms with Gasteiger partial charge in [-0.25, -0.2) is 4.39 Å². The number of fused-ring (bicyclic) bond motifs is 1. The first kappa shape index (κ1) is 18.5. The molecule has 7 heteroatoms. The maximum absolute atomic E-state index is 13.9. The standard InChI is InChI=1S/C20H16FN3O2S/c1-24(12-22)20(26)17(23-19(25)15-7-2-4-8-16(15)21)10-13-11-27-18-9-5-3-6-14(13)18/h2-9,11,17H,10H2,1H3,(H,23,25). The van der Waals surface area contributed by atoms with Gasteiger partial charge in [-0.1, -0.05) is 30.3 Å². The second-order valence-electron chi connectivity index (χ2n) is 5.96. The van der Waals surface area contributed by atoms with Gasteiger partial charge in [0.1, 0.15) is 11.9 Å². The van der Waals surface area contributed by atoms with Crippen molar-refractivity contribution in [3.63, 3.8) is 0 Å². The van der Waals surface area contributed by atoms with Crippen LogP contribution < -0.4 is 5.32 Å². The van der Waals surface area contributed by atoms with Crippen molar-refractivity contribution in [1.29, 1.82) is 5.26 Å². The number of halogens is 1. The minimum atomic E-state index is -0.986. The number of amides is 2. The molecule has 0 fully saturated rings. The Bertz CT molecular complexity index is 1040. The normalized spacial score (nSPS) is 11.6. The SMILES string of the molecule is CN(C#N)C(=O)C(Cc1csc2ccccc12)NC(=O)c1ccccc1F. The molecular weight excluding hydrogens is 365 g/mol. The summed E-state index contributed by atoms with van der Waals surface area (Å²) >= 11 is 1.54. The summed E-state index contributed by atoms with van der Waals surface area (Å²) in [5.74, 6) is -1.93. The molecule has 0 aliphatic heterocycles. The fourth-order valence-corrected chi connectivity index (χ4v) is 3.75. The maximum atomic E-state index is 13.9. The Morgan fingerprint density at radius 1 is 1.22 bits per heavy atom. The predicted octanol–water partition coefficient (Wildman–Crippen LogP) is 3.32. The van der Waals surface area contributed by atoms with Crippen LogP contribution in [0.2, 0.25) is 0 Å². The zero-order chi connectivity index (χ0) is 19.4. The lowest BCUT2D eigenvalue weighted by atomic mass is 10.0. The third kappa shape index (κ3) is 3.96. The lowest BCUT2D eigenvalue weighted by Crippen LogP contribution is -2.47. The van der Waals surface area contributed by atoms with E-state index in [4.69, 9.17) is 5.26 Å². The summed E-state index contributed by atoms with van der Waals surface area (Å²) in [7, 11) is 1.33. The number of rotatable bonds is 5. The van der Waals surface area contributed by atoms with Crippen molar-refractivity contribution in [2.75, 3.05) is 7.05 Å². The van der Waals surface area contributed by atoms with Crippen molar-refractivity contribution in [1.82, 2.24) is 10.2 Å². The van der Waals surface area contributed by atoms with E-state index in [1.54, 1.807) is 12.3 Å². The van der Waals surface area contributed by atoms with Crippen molar-refractivity contribution in [2.24, 2.45) is 0 Å². The fourth-order valence-electron chi connectivity index (χ4n) is 2.78. The molecule has 0 saturated heterocycles. The van der Waals surface area contributed by atoms with E-state index in [0.717, 1.165) is 20.5 Å². The van der Waals surface area contributed by atoms with E-state index in [0.29, 0.717) is 0 Å². The lowest BCUT2D eigenvalue weighted by molar-refractivity contribution is -0.129. The summed E-state index contributed by atoms with van der Waals surface area (Å²) in [6, 6.07) is 12.3. The van der Waals surface area contributed by atoms with Gasteiger partial charge in [0.2, 0.25) is 0 Å². The minimum absolute atomic E-state index is 0.148. The molecule has 136 valence electrons. The number of likely N-dealkylation sites (N-methyl/N-ethyl adjacent to an activating group) is 1. The first-order valence-corrected chi connectivity index (χ1v) is 9.07. The van der Waals surface area contributed by atoms with Gasteiger partial charge in [0.15, 0.2) is 6.19 Å². The number of nitrogens with zero attached hydrogens (tertiary/aromatic N) is 2. The third-order valence-electron chi connectivity index (χ3n) is 4.19. The van der Waals surface area contributed by atoms with Gasteiger partial charge in [-0.3, -0.25) is 14.5 Å². The van der Waals surface area contributed by atoms with E-state index >= 15 is 0 Å². The highest BCUT2D eigenvalue weighted by molar-refractivity contribution is 7.17. The largest absolute Gasteiger partial charge is 0.340 e. The summed E-state index contributed by atoms with van der Waals surface area (Å²) < 4.78 is 15.0. The fraction of sp³-hybridized carbons (Fsp3) is 0.150. The first-order chi connectivity index (χ1) is 13.0. The molecular formula is C20H16FN3O2S. The maximum Gasteiger partial charge on any atom is 0.258 e. The summed E-state index contributed by atoms with van der Waals surface area (Å²) in [5, 5.41) is 14.5. The van der Waals surface area contributed by atoms with Crippen molar-refractivity contribution >= 4 is 33.2 Å². The monoisotopic (exact) mass is 381 g/mol. The van der Waals surface area contributed by atoms with Gasteiger partial charge in [-0.05, 0) is 34.5 Å². The van der Waals surface area contributed by atoms with E-state index in [2.05, 4.69) is 5.32 Å². The quantitative estimate of drug-likeness (QED) is 0.544. The van der Waals surface area contributed by atoms with Crippen LogP contribution in [0.3, 0.4) is 0 Å². The van der Waals surface area contributed by atoms with Gasteiger partial charge in [-0.2, -0.15) is 5.26 Å². The number of benzene rings is 2. The number of carbonyl (C=O) groups excluding carboxylic acids is 2. The topological polar surface area (TPSA) is 73.2 Å². The van der Waals surface area contributed by atoms with Crippen molar-refractivity contribution in [3.05, 3.63) is 70.9 Å². The number of hydrogen-bond donors (Lipinski definition) is 1. The first-order valence-electron chi connectivity index (χ1n) is 8.19. The van der Waals surface area contributed by atoms with Crippen LogP contribution in [0.4, 0.5) is 4.39 Å². The molecule has 5 nitrogen and oxygen atoms in total. The van der Waals surface area contributed by atoms with Crippen molar-refractivity contribution in [2.45, 2.75) is 12.5 Å². The van der Waals surface area contributed by atoms with Crippen LogP contribution in [-0.4, -0.2) is 29.8 Å². The third-order valence-corrected chi connectivity index (χ3v) is 5.20. The zero-order valence-corrected chi connectivity index (χ0v) is 15.3. The van der Waals surface area contributed by atoms with Crippen molar-refractivity contribution in [3.8, 4) is 6.19 Å². The number of nitriles is 1. The lowest BCUT2D eigenvalue weighted by Gasteiger charge is -2.20. The Morgan fingerprint density at radius 3 is 2.67 bits per heavy atom. The minimum Gasteiger partial charge on any atom is -0.340 e. The second kappa shape index (κ2) is 7.98. The molecule has 1 heterocycles. The highest BCUT2D eigenvalue weighted by Crippen LogP contribution is 2.27. The molecule has 1 atom stereocenters. The molecule has 0 aliphatic rings. The zero-order valence-electron chi connectivity index (χ0n) is 14.5. The summed E-state index contributed by atoms with van der Waals surface area (Å²) in [6.45, 7) is 0. The van der Waals surface area contributed by atoms with Crippen molar-refractivity contribution < 1.29 is 14.0 Å². The summed E-state index contributed by atoms with van der Waals surface area (Å²) in [6.07, 6.45) is 1.95. The Labute approximate surface area is 159 Å². The van der Waals surface area contributed by atoms with E-state index < -0.39 is 23.7 Å². The van der Waals surface area contributed by atoms with Crippen LogP contribution in [0.15, 0.2) is 53.9 Å². The highest BCUT2D eigenvalue weighted by atomic mass is 32.1. The average molecular weight is 381 g/mol. The predicted molar refractivity (Wildman–Crippen MR) is 102 cm³/mol. The molecule has 0 spiro atoms. The van der Waals surface area contributed by atoms with E-state index in [1.807, 2.05) is 29.6 Å². The molecule has 1 aromatic heterocycles. The van der Waals surface area contributed by atoms with E-state index in [9.17, 15) is 14.0 Å². The second-order valence-corrected chi connectivity index (χ2v) is 6.88. The van der Waals surface area contributed by atoms with Crippen LogP contribution >= 0.6 is 11.3 Å². The summed E-state index contributed by atoms with van der Waals surface area (Å²) in [4.78, 5) is 25.9. The smallest absolute Gasteiger partial charge is 0.258 e. The molecule has 3 rings (SSSR count). The molecule has 0 bridgehead atoms. The highest BCUT2D eigenvalue weighted by Gasteiger charge is 2.26. The molecule has 1 unspecified atom stereocenters. The molecule has 0 saturated carbocycles. The Kier molecular flexibility index (Phi) is 5.48. The van der Waals surface area contributed by atoms with Crippen LogP contribution in [0.1, 0.15) is 15.9 Å². The van der Waals surface area contributed by atoms with E-state index in [1.165, 1.54) is 36.6 Å². The van der Waals surface area contributed by atoms with Gasteiger partial charge in [0.25, 0.3) is 11.8 Å². The number of nitrogens with one attached hydrogen (secondary N) is 1. The van der Waals surface area contributed by atoms with Gasteiger partial charge in [0.05, 0.1) is 5.56 Å².